The number of aryl methyl sites for hydroxylation is 1. The highest BCUT2D eigenvalue weighted by molar-refractivity contribution is 6.01. The standard InChI is InChI=1S/C17H19N5O2/c1-11(2)16-19-12(3)9-15(20-16)21-17(23)14-6-5-13(24-14)10-22-8-4-7-18-22/h4-9,11H,10H2,1-3H3,(H,19,20,21,23). The third-order valence-corrected chi connectivity index (χ3v) is 3.39. The minimum absolute atomic E-state index is 0.185. The van der Waals surface area contributed by atoms with Crippen LogP contribution >= 0.6 is 0 Å². The molecule has 0 unspecified atom stereocenters. The number of hydrogen-bond donors (Lipinski definition) is 1. The molecule has 3 heterocycles. The maximum Gasteiger partial charge on any atom is 0.292 e. The van der Waals surface area contributed by atoms with Gasteiger partial charge >= 0.3 is 0 Å². The zero-order valence-corrected chi connectivity index (χ0v) is 13.9. The number of carbonyl (C=O) groups is 1. The van der Waals surface area contributed by atoms with E-state index in [2.05, 4.69) is 20.4 Å². The van der Waals surface area contributed by atoms with Crippen molar-refractivity contribution in [2.24, 2.45) is 0 Å². The second-order valence-electron chi connectivity index (χ2n) is 5.83. The monoisotopic (exact) mass is 325 g/mol. The predicted octanol–water partition coefficient (Wildman–Crippen LogP) is 3.00. The van der Waals surface area contributed by atoms with Crippen LogP contribution in [0.5, 0.6) is 0 Å². The van der Waals surface area contributed by atoms with Gasteiger partial charge in [0.1, 0.15) is 17.4 Å². The Morgan fingerprint density at radius 1 is 1.33 bits per heavy atom. The normalized spacial score (nSPS) is 11.0. The lowest BCUT2D eigenvalue weighted by molar-refractivity contribution is 0.0994. The first-order chi connectivity index (χ1) is 11.5. The average Bonchev–Trinajstić information content (AvgIpc) is 3.19. The van der Waals surface area contributed by atoms with Gasteiger partial charge < -0.3 is 9.73 Å². The molecule has 0 bridgehead atoms. The van der Waals surface area contributed by atoms with Gasteiger partial charge in [-0.05, 0) is 25.1 Å². The molecule has 0 aliphatic rings. The number of anilines is 1. The molecule has 24 heavy (non-hydrogen) atoms. The third-order valence-electron chi connectivity index (χ3n) is 3.39. The molecule has 0 aliphatic carbocycles. The highest BCUT2D eigenvalue weighted by Gasteiger charge is 2.14. The van der Waals surface area contributed by atoms with Crippen LogP contribution in [0.4, 0.5) is 5.82 Å². The van der Waals surface area contributed by atoms with Crippen LogP contribution in [0.3, 0.4) is 0 Å². The lowest BCUT2D eigenvalue weighted by Crippen LogP contribution is -2.14. The van der Waals surface area contributed by atoms with Crippen molar-refractivity contribution in [2.75, 3.05) is 5.32 Å². The quantitative estimate of drug-likeness (QED) is 0.779. The summed E-state index contributed by atoms with van der Waals surface area (Å²) in [5, 5.41) is 6.87. The smallest absolute Gasteiger partial charge is 0.292 e. The van der Waals surface area contributed by atoms with Gasteiger partial charge in [-0.25, -0.2) is 9.97 Å². The highest BCUT2D eigenvalue weighted by atomic mass is 16.4. The summed E-state index contributed by atoms with van der Waals surface area (Å²) in [7, 11) is 0. The largest absolute Gasteiger partial charge is 0.454 e. The zero-order chi connectivity index (χ0) is 17.1. The molecule has 0 radical (unpaired) electrons. The molecule has 3 rings (SSSR count). The van der Waals surface area contributed by atoms with Crippen molar-refractivity contribution < 1.29 is 9.21 Å². The molecule has 0 aliphatic heterocycles. The lowest BCUT2D eigenvalue weighted by atomic mass is 10.2. The molecule has 0 spiro atoms. The van der Waals surface area contributed by atoms with Crippen molar-refractivity contribution in [1.82, 2.24) is 19.7 Å². The summed E-state index contributed by atoms with van der Waals surface area (Å²) in [6.07, 6.45) is 3.53. The summed E-state index contributed by atoms with van der Waals surface area (Å²) in [4.78, 5) is 21.1. The molecule has 0 aromatic carbocycles. The molecule has 1 N–H and O–H groups in total. The summed E-state index contributed by atoms with van der Waals surface area (Å²) in [6, 6.07) is 6.98. The first-order valence-corrected chi connectivity index (χ1v) is 7.74. The number of rotatable bonds is 5. The minimum atomic E-state index is -0.338. The van der Waals surface area contributed by atoms with Crippen molar-refractivity contribution in [3.63, 3.8) is 0 Å². The molecule has 0 saturated carbocycles. The van der Waals surface area contributed by atoms with E-state index in [4.69, 9.17) is 4.42 Å². The second-order valence-corrected chi connectivity index (χ2v) is 5.83. The van der Waals surface area contributed by atoms with Crippen LogP contribution in [0.25, 0.3) is 0 Å². The molecule has 3 aromatic heterocycles. The average molecular weight is 325 g/mol. The molecule has 0 fully saturated rings. The fraction of sp³-hybridized carbons (Fsp3) is 0.294. The maximum absolute atomic E-state index is 12.3. The van der Waals surface area contributed by atoms with Gasteiger partial charge in [-0.1, -0.05) is 13.8 Å². The Labute approximate surface area is 139 Å². The van der Waals surface area contributed by atoms with Gasteiger partial charge in [-0.2, -0.15) is 5.10 Å². The van der Waals surface area contributed by atoms with Gasteiger partial charge in [0.05, 0.1) is 6.54 Å². The van der Waals surface area contributed by atoms with E-state index in [1.54, 1.807) is 29.1 Å². The van der Waals surface area contributed by atoms with Gasteiger partial charge in [0.2, 0.25) is 0 Å². The molecule has 3 aromatic rings. The molecule has 124 valence electrons. The Bertz CT molecular complexity index is 837. The van der Waals surface area contributed by atoms with E-state index in [-0.39, 0.29) is 17.6 Å². The van der Waals surface area contributed by atoms with Crippen LogP contribution in [-0.4, -0.2) is 25.7 Å². The van der Waals surface area contributed by atoms with Gasteiger partial charge in [0.15, 0.2) is 5.76 Å². The van der Waals surface area contributed by atoms with Crippen LogP contribution in [0.15, 0.2) is 41.1 Å². The number of aromatic nitrogens is 4. The summed E-state index contributed by atoms with van der Waals surface area (Å²) >= 11 is 0. The maximum atomic E-state index is 12.3. The number of furan rings is 1. The van der Waals surface area contributed by atoms with E-state index in [9.17, 15) is 4.79 Å². The Hall–Kier alpha value is -2.96. The van der Waals surface area contributed by atoms with Crippen LogP contribution in [-0.2, 0) is 6.54 Å². The van der Waals surface area contributed by atoms with Crippen LogP contribution in [0, 0.1) is 6.92 Å². The molecule has 0 atom stereocenters. The second kappa shape index (κ2) is 6.66. The van der Waals surface area contributed by atoms with Crippen molar-refractivity contribution >= 4 is 11.7 Å². The van der Waals surface area contributed by atoms with E-state index >= 15 is 0 Å². The van der Waals surface area contributed by atoms with Gasteiger partial charge in [0.25, 0.3) is 5.91 Å². The highest BCUT2D eigenvalue weighted by Crippen LogP contribution is 2.15. The van der Waals surface area contributed by atoms with E-state index < -0.39 is 0 Å². The first kappa shape index (κ1) is 15.9. The summed E-state index contributed by atoms with van der Waals surface area (Å²) in [6.45, 7) is 6.37. The fourth-order valence-electron chi connectivity index (χ4n) is 2.23. The Kier molecular flexibility index (Phi) is 4.41. The number of nitrogens with one attached hydrogen (secondary N) is 1. The molecule has 0 saturated heterocycles. The Morgan fingerprint density at radius 2 is 2.17 bits per heavy atom. The van der Waals surface area contributed by atoms with Crippen LogP contribution in [0.2, 0.25) is 0 Å². The van der Waals surface area contributed by atoms with Crippen molar-refractivity contribution in [3.8, 4) is 0 Å². The van der Waals surface area contributed by atoms with Crippen molar-refractivity contribution in [1.29, 1.82) is 0 Å². The van der Waals surface area contributed by atoms with E-state index in [1.807, 2.05) is 33.0 Å². The summed E-state index contributed by atoms with van der Waals surface area (Å²) in [5.74, 6) is 1.91. The van der Waals surface area contributed by atoms with Crippen molar-refractivity contribution in [2.45, 2.75) is 33.2 Å². The summed E-state index contributed by atoms with van der Waals surface area (Å²) < 4.78 is 7.31. The number of amides is 1. The van der Waals surface area contributed by atoms with E-state index in [0.717, 1.165) is 5.69 Å². The minimum Gasteiger partial charge on any atom is -0.454 e. The third kappa shape index (κ3) is 3.68. The van der Waals surface area contributed by atoms with Crippen LogP contribution in [0.1, 0.15) is 47.6 Å². The summed E-state index contributed by atoms with van der Waals surface area (Å²) in [5.41, 5.74) is 0.808. The topological polar surface area (TPSA) is 85.8 Å². The molecular formula is C17H19N5O2. The van der Waals surface area contributed by atoms with Crippen LogP contribution < -0.4 is 5.32 Å². The molecule has 7 nitrogen and oxygen atoms in total. The number of carbonyl (C=O) groups excluding carboxylic acids is 1. The molecule has 1 amide bonds. The van der Waals surface area contributed by atoms with Gasteiger partial charge in [-0.15, -0.1) is 0 Å². The fourth-order valence-corrected chi connectivity index (χ4v) is 2.23. The first-order valence-electron chi connectivity index (χ1n) is 7.74. The number of hydrogen-bond acceptors (Lipinski definition) is 5. The van der Waals surface area contributed by atoms with E-state index in [1.165, 1.54) is 0 Å². The zero-order valence-electron chi connectivity index (χ0n) is 13.9. The SMILES string of the molecule is Cc1cc(NC(=O)c2ccc(Cn3cccn3)o2)nc(C(C)C)n1. The predicted molar refractivity (Wildman–Crippen MR) is 88.8 cm³/mol. The Balaban J connectivity index is 1.72. The Morgan fingerprint density at radius 3 is 2.88 bits per heavy atom. The van der Waals surface area contributed by atoms with Crippen molar-refractivity contribution in [3.05, 3.63) is 59.7 Å². The van der Waals surface area contributed by atoms with Gasteiger partial charge in [0, 0.05) is 30.1 Å². The van der Waals surface area contributed by atoms with Gasteiger partial charge in [-0.3, -0.25) is 9.48 Å². The molecule has 7 heteroatoms. The number of nitrogens with zero attached hydrogens (tertiary/aromatic N) is 4. The lowest BCUT2D eigenvalue weighted by Gasteiger charge is -2.08. The molecular weight excluding hydrogens is 306 g/mol. The van der Waals surface area contributed by atoms with E-state index in [0.29, 0.717) is 23.9 Å².